The minimum atomic E-state index is -1.07. The van der Waals surface area contributed by atoms with E-state index in [0.29, 0.717) is 29.7 Å². The van der Waals surface area contributed by atoms with Crippen LogP contribution in [-0.2, 0) is 6.42 Å². The first-order chi connectivity index (χ1) is 12.7. The molecule has 1 aliphatic heterocycles. The van der Waals surface area contributed by atoms with E-state index < -0.39 is 6.30 Å². The summed E-state index contributed by atoms with van der Waals surface area (Å²) >= 11 is 1.64. The van der Waals surface area contributed by atoms with Crippen molar-refractivity contribution in [2.45, 2.75) is 52.9 Å². The van der Waals surface area contributed by atoms with Crippen LogP contribution < -0.4 is 15.8 Å². The number of hydrogen-bond donors (Lipinski definition) is 2. The van der Waals surface area contributed by atoms with Gasteiger partial charge in [-0.3, -0.25) is 5.32 Å². The quantitative estimate of drug-likeness (QED) is 0.619. The third-order valence-electron chi connectivity index (χ3n) is 4.07. The van der Waals surface area contributed by atoms with Gasteiger partial charge >= 0.3 is 0 Å². The molecular formula is C21H30FN3OS. The van der Waals surface area contributed by atoms with Gasteiger partial charge in [-0.25, -0.2) is 9.37 Å². The molecule has 0 radical (unpaired) electrons. The largest absolute Gasteiger partial charge is 0.473 e. The Balaban J connectivity index is 2.46. The lowest BCUT2D eigenvalue weighted by Gasteiger charge is -2.28. The first kappa shape index (κ1) is 21.5. The van der Waals surface area contributed by atoms with E-state index in [9.17, 15) is 4.39 Å². The number of alkyl halides is 1. The van der Waals surface area contributed by atoms with E-state index in [0.717, 1.165) is 33.8 Å². The van der Waals surface area contributed by atoms with Gasteiger partial charge in [0.05, 0.1) is 11.4 Å². The predicted molar refractivity (Wildman–Crippen MR) is 114 cm³/mol. The van der Waals surface area contributed by atoms with Gasteiger partial charge in [-0.1, -0.05) is 44.8 Å². The molecular weight excluding hydrogens is 361 g/mol. The van der Waals surface area contributed by atoms with Crippen LogP contribution in [0.5, 0.6) is 5.88 Å². The Labute approximate surface area is 166 Å². The van der Waals surface area contributed by atoms with E-state index in [2.05, 4.69) is 43.4 Å². The Kier molecular flexibility index (Phi) is 7.50. The monoisotopic (exact) mass is 391 g/mol. The van der Waals surface area contributed by atoms with Crippen molar-refractivity contribution in [2.24, 2.45) is 11.7 Å². The molecule has 0 fully saturated rings. The Morgan fingerprint density at radius 1 is 1.48 bits per heavy atom. The number of hydrogen-bond acceptors (Lipinski definition) is 5. The van der Waals surface area contributed by atoms with Crippen molar-refractivity contribution < 1.29 is 9.13 Å². The molecule has 1 aromatic rings. The minimum absolute atomic E-state index is 0.122. The summed E-state index contributed by atoms with van der Waals surface area (Å²) in [7, 11) is 0. The highest BCUT2D eigenvalue weighted by molar-refractivity contribution is 8.11. The molecule has 0 saturated heterocycles. The summed E-state index contributed by atoms with van der Waals surface area (Å²) in [6.45, 7) is 16.1. The van der Waals surface area contributed by atoms with Crippen molar-refractivity contribution in [3.63, 3.8) is 0 Å². The molecule has 2 heterocycles. The SMILES string of the molecule is C=C(C)S/C(=C\C(C)C)c1cc(C(=C)N)nc2c1CCC(CNC(C)F)O2. The maximum Gasteiger partial charge on any atom is 0.218 e. The number of nitrogens with two attached hydrogens (primary N) is 1. The number of rotatable bonds is 8. The van der Waals surface area contributed by atoms with E-state index in [4.69, 9.17) is 10.5 Å². The smallest absolute Gasteiger partial charge is 0.218 e. The standard InChI is InChI=1S/C21H30FN3OS/c1-12(2)9-20(27-13(3)4)18-10-19(14(5)23)25-21-17(18)8-7-16(26-21)11-24-15(6)22/h9-10,12,15-16,24H,3,5,7-8,11,23H2,1-2,4,6H3/b20-9-. The van der Waals surface area contributed by atoms with Crippen LogP contribution in [0, 0.1) is 5.92 Å². The summed E-state index contributed by atoms with van der Waals surface area (Å²) in [5.41, 5.74) is 9.05. The van der Waals surface area contributed by atoms with E-state index in [1.54, 1.807) is 11.8 Å². The maximum atomic E-state index is 13.1. The van der Waals surface area contributed by atoms with Crippen LogP contribution in [0.2, 0.25) is 0 Å². The molecule has 6 heteroatoms. The fraction of sp³-hybridized carbons (Fsp3) is 0.476. The van der Waals surface area contributed by atoms with E-state index in [1.165, 1.54) is 6.92 Å². The zero-order valence-electron chi connectivity index (χ0n) is 16.6. The number of nitrogens with one attached hydrogen (secondary N) is 1. The van der Waals surface area contributed by atoms with Crippen molar-refractivity contribution in [3.05, 3.63) is 47.0 Å². The first-order valence-electron chi connectivity index (χ1n) is 9.25. The van der Waals surface area contributed by atoms with Crippen molar-refractivity contribution in [1.82, 2.24) is 10.3 Å². The zero-order valence-corrected chi connectivity index (χ0v) is 17.5. The van der Waals surface area contributed by atoms with Crippen LogP contribution in [-0.4, -0.2) is 23.9 Å². The number of ether oxygens (including phenoxy) is 1. The van der Waals surface area contributed by atoms with Crippen LogP contribution in [0.15, 0.2) is 30.2 Å². The van der Waals surface area contributed by atoms with Crippen molar-refractivity contribution >= 4 is 22.4 Å². The topological polar surface area (TPSA) is 60.2 Å². The lowest BCUT2D eigenvalue weighted by molar-refractivity contribution is 0.146. The number of pyridine rings is 1. The summed E-state index contributed by atoms with van der Waals surface area (Å²) in [4.78, 5) is 6.70. The molecule has 4 nitrogen and oxygen atoms in total. The molecule has 2 unspecified atom stereocenters. The van der Waals surface area contributed by atoms with Crippen LogP contribution in [0.25, 0.3) is 10.6 Å². The average Bonchev–Trinajstić information content (AvgIpc) is 2.57. The third kappa shape index (κ3) is 6.11. The lowest BCUT2D eigenvalue weighted by atomic mass is 9.97. The fourth-order valence-corrected chi connectivity index (χ4v) is 3.91. The number of thioether (sulfide) groups is 1. The molecule has 1 aliphatic rings. The highest BCUT2D eigenvalue weighted by Gasteiger charge is 2.26. The highest BCUT2D eigenvalue weighted by Crippen LogP contribution is 2.40. The highest BCUT2D eigenvalue weighted by atomic mass is 32.2. The molecule has 0 spiro atoms. The van der Waals surface area contributed by atoms with Gasteiger partial charge in [-0.15, -0.1) is 0 Å². The van der Waals surface area contributed by atoms with Gasteiger partial charge in [0, 0.05) is 17.0 Å². The second-order valence-corrected chi connectivity index (χ2v) is 8.59. The van der Waals surface area contributed by atoms with Gasteiger partial charge in [0.1, 0.15) is 12.4 Å². The van der Waals surface area contributed by atoms with Gasteiger partial charge in [0.25, 0.3) is 0 Å². The van der Waals surface area contributed by atoms with Crippen LogP contribution in [0.1, 0.15) is 50.9 Å². The molecule has 148 valence electrons. The Morgan fingerprint density at radius 3 is 2.74 bits per heavy atom. The lowest BCUT2D eigenvalue weighted by Crippen LogP contribution is -2.37. The van der Waals surface area contributed by atoms with E-state index >= 15 is 0 Å². The second-order valence-electron chi connectivity index (χ2n) is 7.25. The molecule has 27 heavy (non-hydrogen) atoms. The second kappa shape index (κ2) is 9.42. The third-order valence-corrected chi connectivity index (χ3v) is 5.00. The molecule has 0 saturated carbocycles. The van der Waals surface area contributed by atoms with Crippen molar-refractivity contribution in [3.8, 4) is 5.88 Å². The van der Waals surface area contributed by atoms with Gasteiger partial charge in [-0.05, 0) is 49.1 Å². The summed E-state index contributed by atoms with van der Waals surface area (Å²) in [6.07, 6.45) is 2.65. The first-order valence-corrected chi connectivity index (χ1v) is 10.1. The molecule has 3 N–H and O–H groups in total. The summed E-state index contributed by atoms with van der Waals surface area (Å²) < 4.78 is 19.2. The van der Waals surface area contributed by atoms with Crippen LogP contribution in [0.4, 0.5) is 4.39 Å². The molecule has 2 rings (SSSR count). The Hall–Kier alpha value is -1.79. The maximum absolute atomic E-state index is 13.1. The number of aromatic nitrogens is 1. The molecule has 0 bridgehead atoms. The Bertz CT molecular complexity index is 743. The minimum Gasteiger partial charge on any atom is -0.473 e. The van der Waals surface area contributed by atoms with Gasteiger partial charge < -0.3 is 10.5 Å². The molecule has 0 amide bonds. The van der Waals surface area contributed by atoms with Gasteiger partial charge in [0.15, 0.2) is 0 Å². The van der Waals surface area contributed by atoms with E-state index in [1.807, 2.05) is 13.0 Å². The Morgan fingerprint density at radius 2 is 2.19 bits per heavy atom. The number of halogens is 1. The summed E-state index contributed by atoms with van der Waals surface area (Å²) in [6, 6.07) is 1.98. The van der Waals surface area contributed by atoms with Crippen molar-refractivity contribution in [2.75, 3.05) is 6.54 Å². The van der Waals surface area contributed by atoms with Crippen LogP contribution in [0.3, 0.4) is 0 Å². The van der Waals surface area contributed by atoms with Gasteiger partial charge in [-0.2, -0.15) is 0 Å². The van der Waals surface area contributed by atoms with Crippen molar-refractivity contribution in [1.29, 1.82) is 0 Å². The van der Waals surface area contributed by atoms with E-state index in [-0.39, 0.29) is 6.10 Å². The van der Waals surface area contributed by atoms with Gasteiger partial charge in [0.2, 0.25) is 5.88 Å². The normalized spacial score (nSPS) is 18.0. The molecule has 0 aliphatic carbocycles. The molecule has 2 atom stereocenters. The molecule has 0 aromatic carbocycles. The number of fused-ring (bicyclic) bond motifs is 1. The zero-order chi connectivity index (χ0) is 20.1. The van der Waals surface area contributed by atoms with Crippen LogP contribution >= 0.6 is 11.8 Å². The fourth-order valence-electron chi connectivity index (χ4n) is 2.90. The predicted octanol–water partition coefficient (Wildman–Crippen LogP) is 4.87. The average molecular weight is 392 g/mol. The molecule has 1 aromatic heterocycles. The number of allylic oxidation sites excluding steroid dienone is 2. The summed E-state index contributed by atoms with van der Waals surface area (Å²) in [5.74, 6) is 0.948. The number of nitrogens with zero attached hydrogens (tertiary/aromatic N) is 1. The summed E-state index contributed by atoms with van der Waals surface area (Å²) in [5, 5.41) is 2.78.